The number of benzene rings is 3. The van der Waals surface area contributed by atoms with Gasteiger partial charge < -0.3 is 5.32 Å². The molecule has 0 radical (unpaired) electrons. The lowest BCUT2D eigenvalue weighted by atomic mass is 10.0. The molecule has 0 saturated carbocycles. The minimum absolute atomic E-state index is 0.00428. The van der Waals surface area contributed by atoms with E-state index in [4.69, 9.17) is 0 Å². The summed E-state index contributed by atoms with van der Waals surface area (Å²) in [4.78, 5) is 12.3. The first-order valence-corrected chi connectivity index (χ1v) is 14.3. The number of hydrogen-bond acceptors (Lipinski definition) is 2. The highest BCUT2D eigenvalue weighted by Crippen LogP contribution is 2.27. The lowest BCUT2D eigenvalue weighted by molar-refractivity contribution is 0.0975. The van der Waals surface area contributed by atoms with Crippen molar-refractivity contribution in [3.63, 3.8) is 0 Å². The standard InChI is InChI=1S/C24H37NO.C10H8/c1-2-3-4-5-6-7-8-9-10-11-12-13-14-15-20-23-24(26)21-18-16-17-19-22(21)25-23;1-2-6-10-8-4-3-7-9(10)5-1/h9-10,16-19,23,25H,2-8,11-15,20H2,1H3;1-8H. The molecule has 2 nitrogen and oxygen atoms in total. The predicted octanol–water partition coefficient (Wildman–Crippen LogP) is 10.2. The molecular formula is C34H45NO. The van der Waals surface area contributed by atoms with Crippen LogP contribution in [-0.4, -0.2) is 11.8 Å². The predicted molar refractivity (Wildman–Crippen MR) is 157 cm³/mol. The van der Waals surface area contributed by atoms with Crippen LogP contribution in [-0.2, 0) is 0 Å². The summed E-state index contributed by atoms with van der Waals surface area (Å²) >= 11 is 0. The zero-order valence-electron chi connectivity index (χ0n) is 22.3. The fourth-order valence-electron chi connectivity index (χ4n) is 4.84. The van der Waals surface area contributed by atoms with Crippen LogP contribution in [0.4, 0.5) is 5.69 Å². The van der Waals surface area contributed by atoms with Gasteiger partial charge in [-0.15, -0.1) is 0 Å². The van der Waals surface area contributed by atoms with Gasteiger partial charge >= 0.3 is 0 Å². The monoisotopic (exact) mass is 483 g/mol. The molecular weight excluding hydrogens is 438 g/mol. The number of unbranched alkanes of at least 4 members (excludes halogenated alkanes) is 10. The first-order valence-electron chi connectivity index (χ1n) is 14.3. The van der Waals surface area contributed by atoms with E-state index in [0.717, 1.165) is 24.1 Å². The van der Waals surface area contributed by atoms with Gasteiger partial charge in [-0.3, -0.25) is 4.79 Å². The summed E-state index contributed by atoms with van der Waals surface area (Å²) in [6.07, 6.45) is 21.4. The molecule has 1 heterocycles. The number of hydrogen-bond donors (Lipinski definition) is 1. The lowest BCUT2D eigenvalue weighted by Crippen LogP contribution is -2.21. The third-order valence-corrected chi connectivity index (χ3v) is 7.00. The van der Waals surface area contributed by atoms with E-state index in [9.17, 15) is 4.79 Å². The molecule has 192 valence electrons. The van der Waals surface area contributed by atoms with Crippen LogP contribution in [0.1, 0.15) is 101 Å². The van der Waals surface area contributed by atoms with Gasteiger partial charge in [-0.05, 0) is 55.0 Å². The average molecular weight is 484 g/mol. The molecule has 36 heavy (non-hydrogen) atoms. The fourth-order valence-corrected chi connectivity index (χ4v) is 4.84. The smallest absolute Gasteiger partial charge is 0.187 e. The molecule has 4 rings (SSSR count). The molecule has 0 aliphatic carbocycles. The summed E-state index contributed by atoms with van der Waals surface area (Å²) in [7, 11) is 0. The second-order valence-electron chi connectivity index (χ2n) is 9.97. The second-order valence-corrected chi connectivity index (χ2v) is 9.97. The van der Waals surface area contributed by atoms with Crippen LogP contribution in [0.25, 0.3) is 10.8 Å². The highest BCUT2D eigenvalue weighted by atomic mass is 16.1. The Balaban J connectivity index is 0.000000297. The summed E-state index contributed by atoms with van der Waals surface area (Å²) in [5, 5.41) is 5.99. The van der Waals surface area contributed by atoms with Crippen molar-refractivity contribution in [3.8, 4) is 0 Å². The van der Waals surface area contributed by atoms with Crippen molar-refractivity contribution >= 4 is 22.2 Å². The van der Waals surface area contributed by atoms with Crippen molar-refractivity contribution in [2.75, 3.05) is 5.32 Å². The van der Waals surface area contributed by atoms with Gasteiger partial charge in [0.25, 0.3) is 0 Å². The van der Waals surface area contributed by atoms with Crippen LogP contribution in [0.15, 0.2) is 84.9 Å². The number of Topliss-reactive ketones (excluding diaryl/α,β-unsaturated/α-hetero) is 1. The highest BCUT2D eigenvalue weighted by Gasteiger charge is 2.28. The summed E-state index contributed by atoms with van der Waals surface area (Å²) in [6.45, 7) is 2.27. The largest absolute Gasteiger partial charge is 0.374 e. The SMILES string of the molecule is CCCCCCCCC=CCCCCCCC1Nc2ccccc2C1=O.c1ccc2ccccc2c1. The highest BCUT2D eigenvalue weighted by molar-refractivity contribution is 6.10. The summed E-state index contributed by atoms with van der Waals surface area (Å²) in [5.41, 5.74) is 1.88. The maximum atomic E-state index is 12.3. The van der Waals surface area contributed by atoms with E-state index < -0.39 is 0 Å². The molecule has 3 aromatic carbocycles. The molecule has 1 atom stereocenters. The maximum Gasteiger partial charge on any atom is 0.187 e. The van der Waals surface area contributed by atoms with Crippen molar-refractivity contribution in [3.05, 3.63) is 90.5 Å². The molecule has 1 aliphatic heterocycles. The van der Waals surface area contributed by atoms with Crippen LogP contribution in [0.5, 0.6) is 0 Å². The van der Waals surface area contributed by atoms with Gasteiger partial charge in [-0.1, -0.05) is 131 Å². The molecule has 0 bridgehead atoms. The van der Waals surface area contributed by atoms with Crippen molar-refractivity contribution in [1.29, 1.82) is 0 Å². The van der Waals surface area contributed by atoms with Crippen molar-refractivity contribution in [1.82, 2.24) is 0 Å². The van der Waals surface area contributed by atoms with Gasteiger partial charge in [0.05, 0.1) is 6.04 Å². The topological polar surface area (TPSA) is 29.1 Å². The number of fused-ring (bicyclic) bond motifs is 2. The minimum Gasteiger partial charge on any atom is -0.374 e. The van der Waals surface area contributed by atoms with E-state index in [0.29, 0.717) is 0 Å². The van der Waals surface area contributed by atoms with Crippen LogP contribution in [0, 0.1) is 0 Å². The van der Waals surface area contributed by atoms with E-state index in [-0.39, 0.29) is 11.8 Å². The molecule has 1 aliphatic rings. The normalized spacial score (nSPS) is 14.5. The van der Waals surface area contributed by atoms with Crippen molar-refractivity contribution in [2.45, 2.75) is 96.4 Å². The summed E-state index contributed by atoms with van der Waals surface area (Å²) < 4.78 is 0. The van der Waals surface area contributed by atoms with Gasteiger partial charge in [-0.25, -0.2) is 0 Å². The Morgan fingerprint density at radius 1 is 0.639 bits per heavy atom. The van der Waals surface area contributed by atoms with Gasteiger partial charge in [0.1, 0.15) is 0 Å². The number of ketones is 1. The van der Waals surface area contributed by atoms with Gasteiger partial charge in [0, 0.05) is 11.3 Å². The second kappa shape index (κ2) is 16.7. The number of carbonyl (C=O) groups excluding carboxylic acids is 1. The molecule has 0 saturated heterocycles. The molecule has 1 unspecified atom stereocenters. The number of carbonyl (C=O) groups is 1. The Kier molecular flexibility index (Phi) is 12.9. The zero-order chi connectivity index (χ0) is 25.3. The first-order chi connectivity index (χ1) is 17.8. The van der Waals surface area contributed by atoms with Gasteiger partial charge in [-0.2, -0.15) is 0 Å². The summed E-state index contributed by atoms with van der Waals surface area (Å²) in [6, 6.07) is 24.6. The Bertz CT molecular complexity index is 988. The molecule has 0 fully saturated rings. The van der Waals surface area contributed by atoms with Gasteiger partial charge in [0.15, 0.2) is 5.78 Å². The third-order valence-electron chi connectivity index (χ3n) is 7.00. The maximum absolute atomic E-state index is 12.3. The molecule has 1 N–H and O–H groups in total. The van der Waals surface area contributed by atoms with Gasteiger partial charge in [0.2, 0.25) is 0 Å². The Labute approximate surface area is 219 Å². The number of rotatable bonds is 14. The van der Waals surface area contributed by atoms with Crippen molar-refractivity contribution in [2.24, 2.45) is 0 Å². The lowest BCUT2D eigenvalue weighted by Gasteiger charge is -2.09. The number of nitrogens with one attached hydrogen (secondary N) is 1. The quantitative estimate of drug-likeness (QED) is 0.182. The van der Waals surface area contributed by atoms with Crippen LogP contribution in [0.2, 0.25) is 0 Å². The third kappa shape index (κ3) is 9.64. The van der Waals surface area contributed by atoms with E-state index >= 15 is 0 Å². The zero-order valence-corrected chi connectivity index (χ0v) is 22.3. The fraction of sp³-hybridized carbons (Fsp3) is 0.441. The van der Waals surface area contributed by atoms with Crippen molar-refractivity contribution < 1.29 is 4.79 Å². The molecule has 0 aromatic heterocycles. The Morgan fingerprint density at radius 3 is 1.72 bits per heavy atom. The average Bonchev–Trinajstić information content (AvgIpc) is 3.24. The van der Waals surface area contributed by atoms with E-state index in [1.165, 1.54) is 81.4 Å². The summed E-state index contributed by atoms with van der Waals surface area (Å²) in [5.74, 6) is 0.276. The molecule has 3 aromatic rings. The van der Waals surface area contributed by atoms with E-state index in [1.54, 1.807) is 0 Å². The number of para-hydroxylation sites is 1. The molecule has 0 spiro atoms. The molecule has 0 amide bonds. The van der Waals surface area contributed by atoms with E-state index in [1.807, 2.05) is 24.3 Å². The van der Waals surface area contributed by atoms with Crippen LogP contribution >= 0.6 is 0 Å². The van der Waals surface area contributed by atoms with Crippen LogP contribution < -0.4 is 5.32 Å². The number of anilines is 1. The minimum atomic E-state index is 0.00428. The van der Waals surface area contributed by atoms with E-state index in [2.05, 4.69) is 72.9 Å². The first kappa shape index (κ1) is 27.7. The Morgan fingerprint density at radius 2 is 1.14 bits per heavy atom. The number of allylic oxidation sites excluding steroid dienone is 2. The van der Waals surface area contributed by atoms with Crippen LogP contribution in [0.3, 0.4) is 0 Å². The molecule has 2 heteroatoms. The Hall–Kier alpha value is -2.87.